The van der Waals surface area contributed by atoms with E-state index in [2.05, 4.69) is 4.98 Å². The van der Waals surface area contributed by atoms with Gasteiger partial charge in [0.2, 0.25) is 0 Å². The maximum Gasteiger partial charge on any atom is 0.270 e. The van der Waals surface area contributed by atoms with Crippen molar-refractivity contribution in [2.45, 2.75) is 12.8 Å². The number of aromatic nitrogens is 1. The van der Waals surface area contributed by atoms with E-state index >= 15 is 0 Å². The second-order valence-electron chi connectivity index (χ2n) is 5.81. The molecule has 0 bridgehead atoms. The molecule has 0 spiro atoms. The lowest BCUT2D eigenvalue weighted by Gasteiger charge is -2.14. The van der Waals surface area contributed by atoms with Crippen molar-refractivity contribution in [3.8, 4) is 16.9 Å². The molecule has 0 radical (unpaired) electrons. The zero-order chi connectivity index (χ0) is 16.4. The third kappa shape index (κ3) is 3.95. The molecule has 24 heavy (non-hydrogen) atoms. The van der Waals surface area contributed by atoms with Crippen LogP contribution in [0.3, 0.4) is 0 Å². The smallest absolute Gasteiger partial charge is 0.270 e. The highest BCUT2D eigenvalue weighted by Gasteiger charge is 2.42. The zero-order valence-electron chi connectivity index (χ0n) is 12.8. The zero-order valence-corrected chi connectivity index (χ0v) is 14.3. The molecule has 0 saturated heterocycles. The molecule has 1 heterocycles. The van der Waals surface area contributed by atoms with Crippen LogP contribution >= 0.6 is 24.0 Å². The Morgan fingerprint density at radius 2 is 2.12 bits per heavy atom. The number of halogens is 2. The number of nitro groups is 1. The Balaban J connectivity index is 0.00000208. The summed E-state index contributed by atoms with van der Waals surface area (Å²) >= 11 is 6.14. The molecule has 1 aromatic heterocycles. The summed E-state index contributed by atoms with van der Waals surface area (Å²) in [6, 6.07) is 8.02. The van der Waals surface area contributed by atoms with E-state index in [0.717, 1.165) is 12.8 Å². The summed E-state index contributed by atoms with van der Waals surface area (Å²) in [5.41, 5.74) is 7.06. The SMILES string of the molecule is Cl.NCC1(COc2cnc(Cl)c(-c3cccc([N+](=O)[O-])c3)c2)CC1. The fraction of sp³-hybridized carbons (Fsp3) is 0.312. The first kappa shape index (κ1) is 18.4. The number of hydrogen-bond acceptors (Lipinski definition) is 5. The minimum atomic E-state index is -0.441. The number of nitro benzene ring substituents is 1. The molecule has 8 heteroatoms. The molecule has 1 aliphatic carbocycles. The van der Waals surface area contributed by atoms with Crippen LogP contribution in [0.15, 0.2) is 36.5 Å². The maximum atomic E-state index is 10.9. The predicted octanol–water partition coefficient (Wildman–Crippen LogP) is 3.85. The quantitative estimate of drug-likeness (QED) is 0.474. The Labute approximate surface area is 150 Å². The molecule has 3 rings (SSSR count). The van der Waals surface area contributed by atoms with Gasteiger partial charge < -0.3 is 10.5 Å². The van der Waals surface area contributed by atoms with Crippen molar-refractivity contribution in [1.29, 1.82) is 0 Å². The minimum Gasteiger partial charge on any atom is -0.491 e. The van der Waals surface area contributed by atoms with Crippen molar-refractivity contribution in [1.82, 2.24) is 4.98 Å². The van der Waals surface area contributed by atoms with Gasteiger partial charge in [-0.25, -0.2) is 4.98 Å². The number of nitrogens with two attached hydrogens (primary N) is 1. The molecule has 0 unspecified atom stereocenters. The molecular formula is C16H17Cl2N3O3. The van der Waals surface area contributed by atoms with E-state index in [1.807, 2.05) is 0 Å². The first-order valence-electron chi connectivity index (χ1n) is 7.26. The summed E-state index contributed by atoms with van der Waals surface area (Å²) in [6.45, 7) is 1.15. The van der Waals surface area contributed by atoms with Crippen molar-refractivity contribution in [2.24, 2.45) is 11.1 Å². The normalized spacial score (nSPS) is 14.6. The van der Waals surface area contributed by atoms with E-state index < -0.39 is 4.92 Å². The van der Waals surface area contributed by atoms with E-state index in [0.29, 0.717) is 30.0 Å². The van der Waals surface area contributed by atoms with E-state index in [9.17, 15) is 10.1 Å². The number of rotatable bonds is 6. The van der Waals surface area contributed by atoms with Gasteiger partial charge in [-0.2, -0.15) is 0 Å². The summed E-state index contributed by atoms with van der Waals surface area (Å²) in [5, 5.41) is 11.2. The van der Waals surface area contributed by atoms with Crippen molar-refractivity contribution >= 4 is 29.7 Å². The van der Waals surface area contributed by atoms with Crippen LogP contribution in [0.25, 0.3) is 11.1 Å². The van der Waals surface area contributed by atoms with Crippen LogP contribution in [-0.2, 0) is 0 Å². The Bertz CT molecular complexity index is 751. The molecule has 0 amide bonds. The van der Waals surface area contributed by atoms with E-state index in [4.69, 9.17) is 22.1 Å². The maximum absolute atomic E-state index is 10.9. The van der Waals surface area contributed by atoms with Gasteiger partial charge in [0, 0.05) is 29.7 Å². The Morgan fingerprint density at radius 1 is 1.38 bits per heavy atom. The first-order valence-corrected chi connectivity index (χ1v) is 7.64. The van der Waals surface area contributed by atoms with Crippen molar-refractivity contribution in [3.63, 3.8) is 0 Å². The first-order chi connectivity index (χ1) is 11.0. The van der Waals surface area contributed by atoms with Gasteiger partial charge in [0.25, 0.3) is 5.69 Å². The monoisotopic (exact) mass is 369 g/mol. The van der Waals surface area contributed by atoms with Crippen molar-refractivity contribution < 1.29 is 9.66 Å². The van der Waals surface area contributed by atoms with Gasteiger partial charge in [-0.05, 0) is 24.5 Å². The lowest BCUT2D eigenvalue weighted by atomic mass is 10.1. The van der Waals surface area contributed by atoms with E-state index in [1.54, 1.807) is 24.4 Å². The number of benzene rings is 1. The fourth-order valence-electron chi connectivity index (χ4n) is 2.32. The van der Waals surface area contributed by atoms with E-state index in [1.165, 1.54) is 12.1 Å². The molecule has 2 N–H and O–H groups in total. The van der Waals surface area contributed by atoms with Gasteiger partial charge in [-0.3, -0.25) is 10.1 Å². The van der Waals surface area contributed by atoms with Gasteiger partial charge in [0.1, 0.15) is 10.9 Å². The summed E-state index contributed by atoms with van der Waals surface area (Å²) in [7, 11) is 0. The van der Waals surface area contributed by atoms with Crippen LogP contribution in [-0.4, -0.2) is 23.1 Å². The molecule has 1 fully saturated rings. The Morgan fingerprint density at radius 3 is 2.75 bits per heavy atom. The Hall–Kier alpha value is -1.89. The highest BCUT2D eigenvalue weighted by molar-refractivity contribution is 6.32. The Kier molecular flexibility index (Phi) is 5.64. The fourth-order valence-corrected chi connectivity index (χ4v) is 2.53. The van der Waals surface area contributed by atoms with Crippen molar-refractivity contribution in [2.75, 3.05) is 13.2 Å². The van der Waals surface area contributed by atoms with E-state index in [-0.39, 0.29) is 28.7 Å². The number of hydrogen-bond donors (Lipinski definition) is 1. The molecule has 1 aliphatic rings. The average Bonchev–Trinajstić information content (AvgIpc) is 3.35. The standard InChI is InChI=1S/C16H16ClN3O3.ClH/c17-15-14(11-2-1-3-12(6-11)20(21)22)7-13(8-19-15)23-10-16(9-18)4-5-16;/h1-3,6-8H,4-5,9-10,18H2;1H. The van der Waals surface area contributed by atoms with Crippen LogP contribution in [0, 0.1) is 15.5 Å². The number of pyridine rings is 1. The third-order valence-corrected chi connectivity index (χ3v) is 4.42. The molecule has 2 aromatic rings. The lowest BCUT2D eigenvalue weighted by molar-refractivity contribution is -0.384. The van der Waals surface area contributed by atoms with Crippen LogP contribution in [0.2, 0.25) is 5.15 Å². The molecule has 0 atom stereocenters. The number of ether oxygens (including phenoxy) is 1. The summed E-state index contributed by atoms with van der Waals surface area (Å²) in [4.78, 5) is 14.6. The molecule has 1 aromatic carbocycles. The summed E-state index contributed by atoms with van der Waals surface area (Å²) < 4.78 is 5.78. The summed E-state index contributed by atoms with van der Waals surface area (Å²) in [6.07, 6.45) is 3.69. The van der Waals surface area contributed by atoms with Crippen LogP contribution < -0.4 is 10.5 Å². The highest BCUT2D eigenvalue weighted by atomic mass is 35.5. The number of nitrogens with zero attached hydrogens (tertiary/aromatic N) is 2. The summed E-state index contributed by atoms with van der Waals surface area (Å²) in [5.74, 6) is 0.579. The van der Waals surface area contributed by atoms with Gasteiger partial charge in [-0.15, -0.1) is 12.4 Å². The third-order valence-electron chi connectivity index (χ3n) is 4.12. The van der Waals surface area contributed by atoms with Gasteiger partial charge in [-0.1, -0.05) is 23.7 Å². The lowest BCUT2D eigenvalue weighted by Crippen LogP contribution is -2.22. The number of non-ortho nitro benzene ring substituents is 1. The largest absolute Gasteiger partial charge is 0.491 e. The van der Waals surface area contributed by atoms with Gasteiger partial charge in [0.05, 0.1) is 17.7 Å². The second kappa shape index (κ2) is 7.34. The molecule has 0 aliphatic heterocycles. The molecule has 128 valence electrons. The van der Waals surface area contributed by atoms with Crippen LogP contribution in [0.5, 0.6) is 5.75 Å². The van der Waals surface area contributed by atoms with Crippen molar-refractivity contribution in [3.05, 3.63) is 51.8 Å². The highest BCUT2D eigenvalue weighted by Crippen LogP contribution is 2.44. The molecule has 1 saturated carbocycles. The molecular weight excluding hydrogens is 353 g/mol. The van der Waals surface area contributed by atoms with Gasteiger partial charge >= 0.3 is 0 Å². The van der Waals surface area contributed by atoms with Crippen LogP contribution in [0.4, 0.5) is 5.69 Å². The topological polar surface area (TPSA) is 91.3 Å². The minimum absolute atomic E-state index is 0. The molecule has 6 nitrogen and oxygen atoms in total. The second-order valence-corrected chi connectivity index (χ2v) is 6.17. The average molecular weight is 370 g/mol. The van der Waals surface area contributed by atoms with Crippen LogP contribution in [0.1, 0.15) is 12.8 Å². The van der Waals surface area contributed by atoms with Gasteiger partial charge in [0.15, 0.2) is 0 Å². The predicted molar refractivity (Wildman–Crippen MR) is 94.8 cm³/mol.